The van der Waals surface area contributed by atoms with Crippen molar-refractivity contribution in [2.75, 3.05) is 0 Å². The van der Waals surface area contributed by atoms with Crippen LogP contribution in [0.3, 0.4) is 0 Å². The molecule has 1 atom stereocenters. The SMILES string of the molecule is CC(N)c1cc(Cl)ccc1OC1CCCCC1. The Morgan fingerprint density at radius 1 is 1.29 bits per heavy atom. The van der Waals surface area contributed by atoms with Crippen LogP contribution in [0, 0.1) is 0 Å². The summed E-state index contributed by atoms with van der Waals surface area (Å²) in [6.45, 7) is 1.96. The highest BCUT2D eigenvalue weighted by Crippen LogP contribution is 2.30. The van der Waals surface area contributed by atoms with Crippen molar-refractivity contribution in [1.29, 1.82) is 0 Å². The molecule has 2 nitrogen and oxygen atoms in total. The first-order valence-electron chi connectivity index (χ1n) is 6.38. The Bertz CT molecular complexity index is 372. The van der Waals surface area contributed by atoms with Crippen LogP contribution in [0.4, 0.5) is 0 Å². The van der Waals surface area contributed by atoms with E-state index < -0.39 is 0 Å². The quantitative estimate of drug-likeness (QED) is 0.881. The first-order chi connectivity index (χ1) is 8.16. The van der Waals surface area contributed by atoms with Gasteiger partial charge in [0, 0.05) is 16.6 Å². The van der Waals surface area contributed by atoms with Crippen molar-refractivity contribution < 1.29 is 4.74 Å². The number of nitrogens with two attached hydrogens (primary N) is 1. The Balaban J connectivity index is 2.13. The van der Waals surface area contributed by atoms with E-state index in [1.807, 2.05) is 25.1 Å². The summed E-state index contributed by atoms with van der Waals surface area (Å²) in [6, 6.07) is 5.67. The minimum Gasteiger partial charge on any atom is -0.490 e. The lowest BCUT2D eigenvalue weighted by Gasteiger charge is -2.25. The van der Waals surface area contributed by atoms with E-state index in [0.29, 0.717) is 11.1 Å². The molecule has 0 spiro atoms. The predicted molar refractivity (Wildman–Crippen MR) is 71.6 cm³/mol. The van der Waals surface area contributed by atoms with Crippen LogP contribution in [-0.2, 0) is 0 Å². The number of benzene rings is 1. The van der Waals surface area contributed by atoms with E-state index >= 15 is 0 Å². The van der Waals surface area contributed by atoms with Crippen molar-refractivity contribution in [2.24, 2.45) is 5.73 Å². The van der Waals surface area contributed by atoms with E-state index in [4.69, 9.17) is 22.1 Å². The third-order valence-corrected chi connectivity index (χ3v) is 3.54. The molecule has 17 heavy (non-hydrogen) atoms. The van der Waals surface area contributed by atoms with Gasteiger partial charge in [-0.15, -0.1) is 0 Å². The Morgan fingerprint density at radius 3 is 2.65 bits per heavy atom. The topological polar surface area (TPSA) is 35.2 Å². The van der Waals surface area contributed by atoms with Gasteiger partial charge in [-0.05, 0) is 50.8 Å². The zero-order valence-corrected chi connectivity index (χ0v) is 11.0. The molecule has 2 rings (SSSR count). The third kappa shape index (κ3) is 3.36. The molecule has 94 valence electrons. The maximum atomic E-state index is 6.06. The number of hydrogen-bond donors (Lipinski definition) is 1. The zero-order chi connectivity index (χ0) is 12.3. The fraction of sp³-hybridized carbons (Fsp3) is 0.571. The highest BCUT2D eigenvalue weighted by molar-refractivity contribution is 6.30. The number of hydrogen-bond acceptors (Lipinski definition) is 2. The second-order valence-electron chi connectivity index (χ2n) is 4.85. The van der Waals surface area contributed by atoms with Crippen molar-refractivity contribution in [3.8, 4) is 5.75 Å². The molecule has 1 aromatic carbocycles. The van der Waals surface area contributed by atoms with Gasteiger partial charge in [-0.2, -0.15) is 0 Å². The van der Waals surface area contributed by atoms with Gasteiger partial charge in [0.1, 0.15) is 5.75 Å². The molecular weight excluding hydrogens is 234 g/mol. The van der Waals surface area contributed by atoms with E-state index in [-0.39, 0.29) is 6.04 Å². The first kappa shape index (κ1) is 12.7. The molecule has 1 fully saturated rings. The smallest absolute Gasteiger partial charge is 0.124 e. The second kappa shape index (κ2) is 5.74. The fourth-order valence-corrected chi connectivity index (χ4v) is 2.53. The summed E-state index contributed by atoms with van der Waals surface area (Å²) in [6.07, 6.45) is 6.53. The summed E-state index contributed by atoms with van der Waals surface area (Å²) in [7, 11) is 0. The minimum atomic E-state index is -0.0488. The van der Waals surface area contributed by atoms with Crippen LogP contribution >= 0.6 is 11.6 Å². The monoisotopic (exact) mass is 253 g/mol. The standard InChI is InChI=1S/C14H20ClNO/c1-10(16)13-9-11(15)7-8-14(13)17-12-5-3-2-4-6-12/h7-10,12H,2-6,16H2,1H3. The Kier molecular flexibility index (Phi) is 4.30. The Morgan fingerprint density at radius 2 is 2.00 bits per heavy atom. The minimum absolute atomic E-state index is 0.0488. The summed E-state index contributed by atoms with van der Waals surface area (Å²) in [4.78, 5) is 0. The molecule has 3 heteroatoms. The molecule has 1 aromatic rings. The first-order valence-corrected chi connectivity index (χ1v) is 6.76. The molecule has 0 aliphatic heterocycles. The summed E-state index contributed by atoms with van der Waals surface area (Å²) < 4.78 is 6.06. The molecule has 0 radical (unpaired) electrons. The number of halogens is 1. The highest BCUT2D eigenvalue weighted by Gasteiger charge is 2.17. The normalized spacial score (nSPS) is 19.0. The van der Waals surface area contributed by atoms with E-state index in [9.17, 15) is 0 Å². The Hall–Kier alpha value is -0.730. The molecule has 0 amide bonds. The average Bonchev–Trinajstić information content (AvgIpc) is 2.32. The summed E-state index contributed by atoms with van der Waals surface area (Å²) in [5.41, 5.74) is 6.95. The van der Waals surface area contributed by atoms with Crippen molar-refractivity contribution in [1.82, 2.24) is 0 Å². The van der Waals surface area contributed by atoms with Crippen LogP contribution in [0.1, 0.15) is 50.6 Å². The van der Waals surface area contributed by atoms with Gasteiger partial charge in [-0.1, -0.05) is 18.0 Å². The maximum absolute atomic E-state index is 6.06. The largest absolute Gasteiger partial charge is 0.490 e. The molecule has 1 aliphatic carbocycles. The van der Waals surface area contributed by atoms with Crippen LogP contribution < -0.4 is 10.5 Å². The maximum Gasteiger partial charge on any atom is 0.124 e. The molecule has 2 N–H and O–H groups in total. The third-order valence-electron chi connectivity index (χ3n) is 3.31. The average molecular weight is 254 g/mol. The second-order valence-corrected chi connectivity index (χ2v) is 5.29. The summed E-state index contributed by atoms with van der Waals surface area (Å²) >= 11 is 5.99. The molecule has 1 saturated carbocycles. The fourth-order valence-electron chi connectivity index (χ4n) is 2.35. The van der Waals surface area contributed by atoms with Crippen LogP contribution in [-0.4, -0.2) is 6.10 Å². The van der Waals surface area contributed by atoms with Crippen molar-refractivity contribution >= 4 is 11.6 Å². The zero-order valence-electron chi connectivity index (χ0n) is 10.3. The summed E-state index contributed by atoms with van der Waals surface area (Å²) in [5.74, 6) is 0.899. The lowest BCUT2D eigenvalue weighted by molar-refractivity contribution is 0.153. The predicted octanol–water partition coefficient (Wildman–Crippen LogP) is 4.07. The molecule has 0 saturated heterocycles. The van der Waals surface area contributed by atoms with Crippen LogP contribution in [0.25, 0.3) is 0 Å². The van der Waals surface area contributed by atoms with Crippen LogP contribution in [0.5, 0.6) is 5.75 Å². The van der Waals surface area contributed by atoms with Crippen molar-refractivity contribution in [2.45, 2.75) is 51.2 Å². The molecule has 0 bridgehead atoms. The van der Waals surface area contributed by atoms with Gasteiger partial charge >= 0.3 is 0 Å². The lowest BCUT2D eigenvalue weighted by atomic mass is 9.97. The molecule has 1 unspecified atom stereocenters. The van der Waals surface area contributed by atoms with Crippen molar-refractivity contribution in [3.05, 3.63) is 28.8 Å². The van der Waals surface area contributed by atoms with E-state index in [2.05, 4.69) is 0 Å². The number of rotatable bonds is 3. The van der Waals surface area contributed by atoms with Crippen LogP contribution in [0.15, 0.2) is 18.2 Å². The van der Waals surface area contributed by atoms with Gasteiger partial charge in [-0.25, -0.2) is 0 Å². The molecule has 0 aromatic heterocycles. The molecule has 0 heterocycles. The Labute approximate surface area is 108 Å². The van der Waals surface area contributed by atoms with Gasteiger partial charge < -0.3 is 10.5 Å². The highest BCUT2D eigenvalue weighted by atomic mass is 35.5. The molecular formula is C14H20ClNO. The van der Waals surface area contributed by atoms with Gasteiger partial charge in [0.15, 0.2) is 0 Å². The lowest BCUT2D eigenvalue weighted by Crippen LogP contribution is -2.21. The van der Waals surface area contributed by atoms with Crippen LogP contribution in [0.2, 0.25) is 5.02 Å². The number of ether oxygens (including phenoxy) is 1. The van der Waals surface area contributed by atoms with E-state index in [1.54, 1.807) is 0 Å². The van der Waals surface area contributed by atoms with E-state index in [0.717, 1.165) is 24.2 Å². The van der Waals surface area contributed by atoms with Gasteiger partial charge in [-0.3, -0.25) is 0 Å². The van der Waals surface area contributed by atoms with Crippen molar-refractivity contribution in [3.63, 3.8) is 0 Å². The van der Waals surface area contributed by atoms with Gasteiger partial charge in [0.25, 0.3) is 0 Å². The van der Waals surface area contributed by atoms with E-state index in [1.165, 1.54) is 19.3 Å². The van der Waals surface area contributed by atoms with Gasteiger partial charge in [0.2, 0.25) is 0 Å². The molecule has 1 aliphatic rings. The van der Waals surface area contributed by atoms with Gasteiger partial charge in [0.05, 0.1) is 6.10 Å². The summed E-state index contributed by atoms with van der Waals surface area (Å²) in [5, 5.41) is 0.716.